The van der Waals surface area contributed by atoms with Crippen molar-refractivity contribution in [3.8, 4) is 11.8 Å². The molecule has 0 nitrogen and oxygen atoms in total. The summed E-state index contributed by atoms with van der Waals surface area (Å²) in [6.07, 6.45) is 8.21. The summed E-state index contributed by atoms with van der Waals surface area (Å²) in [5.74, 6) is 7.03. The van der Waals surface area contributed by atoms with Gasteiger partial charge in [-0.25, -0.2) is 0 Å². The second-order valence-corrected chi connectivity index (χ2v) is 4.10. The summed E-state index contributed by atoms with van der Waals surface area (Å²) in [5, 5.41) is 0. The Kier molecular flexibility index (Phi) is 3.25. The molecule has 0 heterocycles. The Morgan fingerprint density at radius 1 is 1.20 bits per heavy atom. The highest BCUT2D eigenvalue weighted by Gasteiger charge is 2.03. The predicted molar refractivity (Wildman–Crippen MR) is 64.5 cm³/mol. The van der Waals surface area contributed by atoms with E-state index in [2.05, 4.69) is 55.2 Å². The van der Waals surface area contributed by atoms with Crippen molar-refractivity contribution >= 4 is 0 Å². The minimum absolute atomic E-state index is 0.472. The Morgan fingerprint density at radius 3 is 2.67 bits per heavy atom. The Balaban J connectivity index is 2.07. The van der Waals surface area contributed by atoms with E-state index in [1.165, 1.54) is 24.8 Å². The fourth-order valence-electron chi connectivity index (χ4n) is 1.75. The maximum Gasteiger partial charge on any atom is 0.0386 e. The fourth-order valence-corrected chi connectivity index (χ4v) is 1.75. The van der Waals surface area contributed by atoms with Crippen LogP contribution in [0, 0.1) is 24.7 Å². The van der Waals surface area contributed by atoms with Gasteiger partial charge < -0.3 is 0 Å². The second kappa shape index (κ2) is 4.84. The highest BCUT2D eigenvalue weighted by molar-refractivity contribution is 5.36. The Bertz CT molecular complexity index is 398. The summed E-state index contributed by atoms with van der Waals surface area (Å²) in [6.45, 7) is 2.10. The van der Waals surface area contributed by atoms with Gasteiger partial charge in [-0.3, -0.25) is 0 Å². The van der Waals surface area contributed by atoms with Gasteiger partial charge in [0.1, 0.15) is 0 Å². The molecule has 76 valence electrons. The Hall–Kier alpha value is -1.48. The van der Waals surface area contributed by atoms with Crippen molar-refractivity contribution in [3.63, 3.8) is 0 Å². The molecule has 0 aromatic heterocycles. The number of benzene rings is 1. The van der Waals surface area contributed by atoms with Crippen LogP contribution >= 0.6 is 0 Å². The summed E-state index contributed by atoms with van der Waals surface area (Å²) in [4.78, 5) is 0. The monoisotopic (exact) mass is 196 g/mol. The van der Waals surface area contributed by atoms with Crippen LogP contribution in [-0.4, -0.2) is 0 Å². The average molecular weight is 196 g/mol. The molecule has 1 unspecified atom stereocenters. The molecule has 0 heteroatoms. The minimum atomic E-state index is 0.472. The number of allylic oxidation sites excluding steroid dienone is 2. The first kappa shape index (κ1) is 10.1. The summed E-state index contributed by atoms with van der Waals surface area (Å²) in [5.41, 5.74) is 2.41. The van der Waals surface area contributed by atoms with E-state index in [-0.39, 0.29) is 0 Å². The predicted octanol–water partition coefficient (Wildman–Crippen LogP) is 3.70. The van der Waals surface area contributed by atoms with E-state index in [1.54, 1.807) is 0 Å². The van der Waals surface area contributed by atoms with Gasteiger partial charge in [-0.05, 0) is 38.3 Å². The number of hydrogen-bond acceptors (Lipinski definition) is 0. The van der Waals surface area contributed by atoms with Crippen molar-refractivity contribution in [1.82, 2.24) is 0 Å². The zero-order valence-electron chi connectivity index (χ0n) is 9.16. The largest absolute Gasteiger partial charge is 0.0903 e. The van der Waals surface area contributed by atoms with Gasteiger partial charge in [0.05, 0.1) is 0 Å². The van der Waals surface area contributed by atoms with Gasteiger partial charge in [0.15, 0.2) is 0 Å². The molecule has 0 N–H and O–H groups in total. The first-order chi connectivity index (χ1) is 7.34. The van der Waals surface area contributed by atoms with Gasteiger partial charge in [0, 0.05) is 11.5 Å². The van der Waals surface area contributed by atoms with Crippen LogP contribution in [0.15, 0.2) is 36.4 Å². The second-order valence-electron chi connectivity index (χ2n) is 4.10. The van der Waals surface area contributed by atoms with Gasteiger partial charge in [-0.1, -0.05) is 41.7 Å². The zero-order valence-corrected chi connectivity index (χ0v) is 9.16. The number of aryl methyl sites for hydroxylation is 1. The van der Waals surface area contributed by atoms with Crippen LogP contribution in [-0.2, 0) is 0 Å². The van der Waals surface area contributed by atoms with Crippen LogP contribution in [0.2, 0.25) is 0 Å². The quantitative estimate of drug-likeness (QED) is 0.438. The molecule has 1 atom stereocenters. The molecule has 0 bridgehead atoms. The van der Waals surface area contributed by atoms with E-state index in [1.807, 2.05) is 0 Å². The van der Waals surface area contributed by atoms with Crippen molar-refractivity contribution in [2.24, 2.45) is 5.92 Å². The standard InChI is InChI=1S/C15H16/c1-13-7-9-15(10-8-13)12-11-14-5-3-2-4-6-14/h3,5,7-10,14H,2,4,6H2,1H3. The molecule has 0 saturated carbocycles. The third-order valence-electron chi connectivity index (χ3n) is 2.71. The maximum atomic E-state index is 3.32. The smallest absolute Gasteiger partial charge is 0.0386 e. The van der Waals surface area contributed by atoms with Crippen molar-refractivity contribution in [2.75, 3.05) is 0 Å². The van der Waals surface area contributed by atoms with Gasteiger partial charge >= 0.3 is 0 Å². The average Bonchev–Trinajstić information content (AvgIpc) is 2.30. The third-order valence-corrected chi connectivity index (χ3v) is 2.71. The Morgan fingerprint density at radius 2 is 2.00 bits per heavy atom. The van der Waals surface area contributed by atoms with E-state index < -0.39 is 0 Å². The van der Waals surface area contributed by atoms with Crippen LogP contribution in [0.4, 0.5) is 0 Å². The molecule has 0 radical (unpaired) electrons. The molecule has 1 aromatic carbocycles. The molecule has 0 amide bonds. The van der Waals surface area contributed by atoms with Crippen LogP contribution in [0.1, 0.15) is 30.4 Å². The first-order valence-corrected chi connectivity index (χ1v) is 5.59. The summed E-state index contributed by atoms with van der Waals surface area (Å²) in [6, 6.07) is 8.41. The maximum absolute atomic E-state index is 3.32. The minimum Gasteiger partial charge on any atom is -0.0903 e. The summed E-state index contributed by atoms with van der Waals surface area (Å²) in [7, 11) is 0. The molecular formula is C15H16. The molecule has 0 spiro atoms. The lowest BCUT2D eigenvalue weighted by atomic mass is 9.96. The lowest BCUT2D eigenvalue weighted by Crippen LogP contribution is -1.96. The fraction of sp³-hybridized carbons (Fsp3) is 0.333. The number of hydrogen-bond donors (Lipinski definition) is 0. The SMILES string of the molecule is Cc1ccc(C#CC2C=CCCC2)cc1. The van der Waals surface area contributed by atoms with Crippen LogP contribution < -0.4 is 0 Å². The van der Waals surface area contributed by atoms with Gasteiger partial charge in [-0.15, -0.1) is 0 Å². The third kappa shape index (κ3) is 2.99. The molecule has 0 saturated heterocycles. The normalized spacial score (nSPS) is 19.4. The molecule has 1 aromatic rings. The number of rotatable bonds is 0. The van der Waals surface area contributed by atoms with E-state index in [4.69, 9.17) is 0 Å². The summed E-state index contributed by atoms with van der Waals surface area (Å²) >= 11 is 0. The molecular weight excluding hydrogens is 180 g/mol. The molecule has 0 aliphatic heterocycles. The van der Waals surface area contributed by atoms with Crippen molar-refractivity contribution in [2.45, 2.75) is 26.2 Å². The van der Waals surface area contributed by atoms with Crippen LogP contribution in [0.3, 0.4) is 0 Å². The molecule has 15 heavy (non-hydrogen) atoms. The van der Waals surface area contributed by atoms with E-state index in [9.17, 15) is 0 Å². The van der Waals surface area contributed by atoms with E-state index in [0.29, 0.717) is 5.92 Å². The van der Waals surface area contributed by atoms with Crippen LogP contribution in [0.5, 0.6) is 0 Å². The topological polar surface area (TPSA) is 0 Å². The van der Waals surface area contributed by atoms with Gasteiger partial charge in [0.2, 0.25) is 0 Å². The highest BCUT2D eigenvalue weighted by Crippen LogP contribution is 2.15. The van der Waals surface area contributed by atoms with Gasteiger partial charge in [-0.2, -0.15) is 0 Å². The van der Waals surface area contributed by atoms with Crippen LogP contribution in [0.25, 0.3) is 0 Å². The first-order valence-electron chi connectivity index (χ1n) is 5.59. The van der Waals surface area contributed by atoms with Crippen molar-refractivity contribution in [3.05, 3.63) is 47.5 Å². The molecule has 2 rings (SSSR count). The zero-order chi connectivity index (χ0) is 10.5. The lowest BCUT2D eigenvalue weighted by molar-refractivity contribution is 0.645. The van der Waals surface area contributed by atoms with Gasteiger partial charge in [0.25, 0.3) is 0 Å². The molecule has 0 fully saturated rings. The molecule has 1 aliphatic rings. The molecule has 1 aliphatic carbocycles. The van der Waals surface area contributed by atoms with E-state index >= 15 is 0 Å². The summed E-state index contributed by atoms with van der Waals surface area (Å²) < 4.78 is 0. The van der Waals surface area contributed by atoms with Crippen molar-refractivity contribution in [1.29, 1.82) is 0 Å². The highest BCUT2D eigenvalue weighted by atomic mass is 14.1. The Labute approximate surface area is 92.0 Å². The van der Waals surface area contributed by atoms with E-state index in [0.717, 1.165) is 5.56 Å². The van der Waals surface area contributed by atoms with Crippen molar-refractivity contribution < 1.29 is 0 Å². The lowest BCUT2D eigenvalue weighted by Gasteiger charge is -2.08.